The van der Waals surface area contributed by atoms with Crippen molar-refractivity contribution in [2.75, 3.05) is 39.3 Å². The van der Waals surface area contributed by atoms with Crippen LogP contribution in [-0.2, 0) is 10.0 Å². The molecule has 0 saturated carbocycles. The van der Waals surface area contributed by atoms with Gasteiger partial charge in [0.15, 0.2) is 0 Å². The van der Waals surface area contributed by atoms with E-state index in [0.29, 0.717) is 6.54 Å². The molecule has 1 aliphatic heterocycles. The third-order valence-electron chi connectivity index (χ3n) is 6.07. The van der Waals surface area contributed by atoms with Gasteiger partial charge in [-0.2, -0.15) is 0 Å². The van der Waals surface area contributed by atoms with Crippen molar-refractivity contribution in [1.29, 1.82) is 0 Å². The molecule has 7 heteroatoms. The number of nitrogens with zero attached hydrogens (tertiary/aromatic N) is 2. The number of nitrogens with one attached hydrogen (secondary N) is 1. The van der Waals surface area contributed by atoms with Gasteiger partial charge in [0.2, 0.25) is 10.0 Å². The summed E-state index contributed by atoms with van der Waals surface area (Å²) in [5.74, 6) is -0.449. The molecule has 0 aromatic heterocycles. The molecule has 5 nitrogen and oxygen atoms in total. The number of hydrogen-bond donors (Lipinski definition) is 1. The van der Waals surface area contributed by atoms with Crippen LogP contribution in [0.5, 0.6) is 0 Å². The Morgan fingerprint density at radius 1 is 0.788 bits per heavy atom. The van der Waals surface area contributed by atoms with E-state index >= 15 is 0 Å². The van der Waals surface area contributed by atoms with E-state index in [2.05, 4.69) is 63.1 Å². The van der Waals surface area contributed by atoms with Gasteiger partial charge in [-0.1, -0.05) is 60.7 Å². The number of hydrogen-bond acceptors (Lipinski definition) is 4. The van der Waals surface area contributed by atoms with Crippen LogP contribution in [0.3, 0.4) is 0 Å². The molecule has 1 saturated heterocycles. The minimum Gasteiger partial charge on any atom is -0.301 e. The van der Waals surface area contributed by atoms with Crippen molar-refractivity contribution in [1.82, 2.24) is 14.5 Å². The zero-order chi connectivity index (χ0) is 23.1. The van der Waals surface area contributed by atoms with Gasteiger partial charge in [-0.3, -0.25) is 4.90 Å². The van der Waals surface area contributed by atoms with E-state index in [4.69, 9.17) is 0 Å². The molecule has 1 heterocycles. The van der Waals surface area contributed by atoms with Crippen LogP contribution in [0.2, 0.25) is 0 Å². The van der Waals surface area contributed by atoms with E-state index in [-0.39, 0.29) is 10.9 Å². The summed E-state index contributed by atoms with van der Waals surface area (Å²) in [5, 5.41) is 0. The van der Waals surface area contributed by atoms with E-state index in [0.717, 1.165) is 51.3 Å². The first-order valence-electron chi connectivity index (χ1n) is 11.3. The Morgan fingerprint density at radius 2 is 1.33 bits per heavy atom. The summed E-state index contributed by atoms with van der Waals surface area (Å²) in [7, 11) is -3.60. The summed E-state index contributed by atoms with van der Waals surface area (Å²) in [6.07, 6.45) is 0.723. The lowest BCUT2D eigenvalue weighted by molar-refractivity contribution is 0.109. The summed E-state index contributed by atoms with van der Waals surface area (Å²) < 4.78 is 40.3. The maximum absolute atomic E-state index is 13.0. The molecule has 33 heavy (non-hydrogen) atoms. The third-order valence-corrected chi connectivity index (χ3v) is 7.55. The molecule has 1 aliphatic rings. The molecule has 0 atom stereocenters. The zero-order valence-electron chi connectivity index (χ0n) is 18.6. The van der Waals surface area contributed by atoms with E-state index < -0.39 is 15.8 Å². The smallest absolute Gasteiger partial charge is 0.240 e. The second-order valence-corrected chi connectivity index (χ2v) is 10.1. The van der Waals surface area contributed by atoms with Gasteiger partial charge < -0.3 is 4.90 Å². The van der Waals surface area contributed by atoms with Crippen molar-refractivity contribution < 1.29 is 12.8 Å². The summed E-state index contributed by atoms with van der Waals surface area (Å²) in [6.45, 7) is 4.99. The van der Waals surface area contributed by atoms with E-state index in [1.54, 1.807) is 0 Å². The molecule has 1 N–H and O–H groups in total. The Hall–Kier alpha value is -2.58. The number of rotatable bonds is 9. The standard InChI is InChI=1S/C26H30FN3O2S/c27-24-12-14-25(15-13-24)33(31,32)28-16-7-17-29-18-20-30(21-19-29)26(22-8-3-1-4-9-22)23-10-5-2-6-11-23/h1-6,8-15,26,28H,7,16-21H2. The molecule has 3 aromatic rings. The van der Waals surface area contributed by atoms with Crippen LogP contribution in [0.15, 0.2) is 89.8 Å². The highest BCUT2D eigenvalue weighted by atomic mass is 32.2. The molecule has 3 aromatic carbocycles. The quantitative estimate of drug-likeness (QED) is 0.485. The van der Waals surface area contributed by atoms with Crippen LogP contribution in [0.25, 0.3) is 0 Å². The SMILES string of the molecule is O=S(=O)(NCCCN1CCN(C(c2ccccc2)c2ccccc2)CC1)c1ccc(F)cc1. The minimum absolute atomic E-state index is 0.0883. The van der Waals surface area contributed by atoms with Crippen molar-refractivity contribution in [3.8, 4) is 0 Å². The summed E-state index contributed by atoms with van der Waals surface area (Å²) in [5.41, 5.74) is 2.60. The van der Waals surface area contributed by atoms with Crippen LogP contribution >= 0.6 is 0 Å². The molecule has 0 amide bonds. The van der Waals surface area contributed by atoms with Gasteiger partial charge in [-0.25, -0.2) is 17.5 Å². The lowest BCUT2D eigenvalue weighted by Gasteiger charge is -2.39. The Balaban J connectivity index is 1.28. The van der Waals surface area contributed by atoms with Crippen molar-refractivity contribution in [3.63, 3.8) is 0 Å². The van der Waals surface area contributed by atoms with Gasteiger partial charge >= 0.3 is 0 Å². The molecule has 174 valence electrons. The maximum atomic E-state index is 13.0. The summed E-state index contributed by atoms with van der Waals surface area (Å²) >= 11 is 0. The fourth-order valence-electron chi connectivity index (χ4n) is 4.34. The molecular formula is C26H30FN3O2S. The monoisotopic (exact) mass is 467 g/mol. The lowest BCUT2D eigenvalue weighted by Crippen LogP contribution is -2.48. The predicted molar refractivity (Wildman–Crippen MR) is 129 cm³/mol. The van der Waals surface area contributed by atoms with Crippen LogP contribution in [0.1, 0.15) is 23.6 Å². The van der Waals surface area contributed by atoms with E-state index in [1.807, 2.05) is 12.1 Å². The number of halogens is 1. The van der Waals surface area contributed by atoms with Crippen LogP contribution in [0, 0.1) is 5.82 Å². The number of piperazine rings is 1. The second kappa shape index (κ2) is 11.0. The topological polar surface area (TPSA) is 52.7 Å². The highest BCUT2D eigenvalue weighted by Gasteiger charge is 2.26. The van der Waals surface area contributed by atoms with Gasteiger partial charge in [0.25, 0.3) is 0 Å². The van der Waals surface area contributed by atoms with Gasteiger partial charge in [0, 0.05) is 32.7 Å². The lowest BCUT2D eigenvalue weighted by atomic mass is 9.96. The van der Waals surface area contributed by atoms with Crippen LogP contribution in [-0.4, -0.2) is 57.5 Å². The first-order chi connectivity index (χ1) is 16.0. The zero-order valence-corrected chi connectivity index (χ0v) is 19.4. The predicted octanol–water partition coefficient (Wildman–Crippen LogP) is 3.90. The average Bonchev–Trinajstić information content (AvgIpc) is 2.85. The Bertz CT molecular complexity index is 1060. The molecule has 0 unspecified atom stereocenters. The number of sulfonamides is 1. The normalized spacial score (nSPS) is 15.7. The molecule has 4 rings (SSSR count). The van der Waals surface area contributed by atoms with Crippen LogP contribution in [0.4, 0.5) is 4.39 Å². The van der Waals surface area contributed by atoms with Crippen molar-refractivity contribution in [2.45, 2.75) is 17.4 Å². The maximum Gasteiger partial charge on any atom is 0.240 e. The number of benzene rings is 3. The highest BCUT2D eigenvalue weighted by molar-refractivity contribution is 7.89. The first-order valence-corrected chi connectivity index (χ1v) is 12.8. The molecule has 0 spiro atoms. The van der Waals surface area contributed by atoms with E-state index in [1.165, 1.54) is 23.3 Å². The van der Waals surface area contributed by atoms with Crippen molar-refractivity contribution in [3.05, 3.63) is 102 Å². The third kappa shape index (κ3) is 6.26. The average molecular weight is 468 g/mol. The first kappa shape index (κ1) is 23.6. The molecule has 1 fully saturated rings. The van der Waals surface area contributed by atoms with Crippen LogP contribution < -0.4 is 4.72 Å². The summed E-state index contributed by atoms with van der Waals surface area (Å²) in [6, 6.07) is 26.4. The largest absolute Gasteiger partial charge is 0.301 e. The fraction of sp³-hybridized carbons (Fsp3) is 0.308. The molecule has 0 bridgehead atoms. The van der Waals surface area contributed by atoms with Gasteiger partial charge in [0.1, 0.15) is 5.82 Å². The van der Waals surface area contributed by atoms with E-state index in [9.17, 15) is 12.8 Å². The Morgan fingerprint density at radius 3 is 1.88 bits per heavy atom. The van der Waals surface area contributed by atoms with Gasteiger partial charge in [-0.15, -0.1) is 0 Å². The molecule has 0 radical (unpaired) electrons. The minimum atomic E-state index is -3.60. The van der Waals surface area contributed by atoms with Gasteiger partial charge in [-0.05, 0) is 48.4 Å². The molecular weight excluding hydrogens is 437 g/mol. The second-order valence-electron chi connectivity index (χ2n) is 8.31. The highest BCUT2D eigenvalue weighted by Crippen LogP contribution is 2.29. The van der Waals surface area contributed by atoms with Gasteiger partial charge in [0.05, 0.1) is 10.9 Å². The Kier molecular flexibility index (Phi) is 7.88. The van der Waals surface area contributed by atoms with Crippen molar-refractivity contribution in [2.24, 2.45) is 0 Å². The Labute approximate surface area is 195 Å². The summed E-state index contributed by atoms with van der Waals surface area (Å²) in [4.78, 5) is 5.00. The molecule has 0 aliphatic carbocycles. The fourth-order valence-corrected chi connectivity index (χ4v) is 5.41. The van der Waals surface area contributed by atoms with Crippen molar-refractivity contribution >= 4 is 10.0 Å².